The first kappa shape index (κ1) is 20.2. The van der Waals surface area contributed by atoms with Gasteiger partial charge in [-0.25, -0.2) is 13.6 Å². The summed E-state index contributed by atoms with van der Waals surface area (Å²) in [4.78, 5) is 0. The Kier molecular flexibility index (Phi) is 4.66. The maximum absolute atomic E-state index is 13.1. The Morgan fingerprint density at radius 3 is 2.00 bits per heavy atom. The van der Waals surface area contributed by atoms with Crippen LogP contribution in [0.3, 0.4) is 0 Å². The molecule has 2 aliphatic rings. The van der Waals surface area contributed by atoms with Crippen molar-refractivity contribution in [2.24, 2.45) is 10.6 Å². The molecule has 2 aliphatic carbocycles. The van der Waals surface area contributed by atoms with Crippen LogP contribution in [0.2, 0.25) is 0 Å². The minimum absolute atomic E-state index is 0.221. The maximum atomic E-state index is 13.1. The number of hydrogen-bond donors (Lipinski definition) is 1. The van der Waals surface area contributed by atoms with Gasteiger partial charge in [-0.1, -0.05) is 36.4 Å². The first-order chi connectivity index (χ1) is 13.5. The van der Waals surface area contributed by atoms with Crippen LogP contribution in [0, 0.1) is 12.3 Å². The molecule has 154 valence electrons. The van der Waals surface area contributed by atoms with Gasteiger partial charge in [0.15, 0.2) is 0 Å². The summed E-state index contributed by atoms with van der Waals surface area (Å²) in [5.41, 5.74) is 4.53. The van der Waals surface area contributed by atoms with Crippen LogP contribution in [0.1, 0.15) is 53.5 Å². The summed E-state index contributed by atoms with van der Waals surface area (Å²) in [6.07, 6.45) is -0.332. The van der Waals surface area contributed by atoms with Crippen LogP contribution >= 0.6 is 0 Å². The summed E-state index contributed by atoms with van der Waals surface area (Å²) < 4.78 is 62.0. The largest absolute Gasteiger partial charge is 0.416 e. The van der Waals surface area contributed by atoms with Crippen molar-refractivity contribution in [3.05, 3.63) is 70.3 Å². The lowest BCUT2D eigenvalue weighted by molar-refractivity contribution is -0.138. The highest BCUT2D eigenvalue weighted by atomic mass is 32.2. The quantitative estimate of drug-likeness (QED) is 0.729. The molecule has 0 saturated heterocycles. The number of nitrogens with two attached hydrogens (primary N) is 1. The van der Waals surface area contributed by atoms with Crippen molar-refractivity contribution in [2.75, 3.05) is 0 Å². The molecule has 0 radical (unpaired) electrons. The van der Waals surface area contributed by atoms with Crippen LogP contribution in [-0.2, 0) is 22.0 Å². The molecule has 7 heteroatoms. The molecule has 0 aromatic heterocycles. The van der Waals surface area contributed by atoms with Gasteiger partial charge in [0.05, 0.1) is 11.3 Å². The number of sulfonamides is 1. The zero-order valence-corrected chi connectivity index (χ0v) is 16.8. The molecule has 0 unspecified atom stereocenters. The minimum atomic E-state index is -4.35. The second-order valence-corrected chi connectivity index (χ2v) is 9.96. The number of aryl methyl sites for hydroxylation is 1. The van der Waals surface area contributed by atoms with E-state index < -0.39 is 21.8 Å². The van der Waals surface area contributed by atoms with Crippen molar-refractivity contribution >= 4 is 21.2 Å². The van der Waals surface area contributed by atoms with Crippen molar-refractivity contribution in [2.45, 2.75) is 44.5 Å². The minimum Gasteiger partial charge on any atom is -0.228 e. The van der Waals surface area contributed by atoms with Gasteiger partial charge >= 0.3 is 6.18 Å². The molecule has 1 fully saturated rings. The average Bonchev–Trinajstić information content (AvgIpc) is 3.24. The lowest BCUT2D eigenvalue weighted by Gasteiger charge is -2.14. The van der Waals surface area contributed by atoms with Crippen LogP contribution in [0.15, 0.2) is 42.5 Å². The molecule has 1 spiro atoms. The summed E-state index contributed by atoms with van der Waals surface area (Å²) in [5.74, 6) is -0.221. The molecule has 1 saturated carbocycles. The van der Waals surface area contributed by atoms with E-state index in [1.165, 1.54) is 13.0 Å². The number of alkyl halides is 3. The fraction of sp³-hybridized carbons (Fsp3) is 0.364. The summed E-state index contributed by atoms with van der Waals surface area (Å²) in [5, 5.41) is 5.11. The topological polar surface area (TPSA) is 60.2 Å². The van der Waals surface area contributed by atoms with Crippen LogP contribution in [-0.4, -0.2) is 8.42 Å². The summed E-state index contributed by atoms with van der Waals surface area (Å²) in [7, 11) is -3.60. The zero-order valence-electron chi connectivity index (χ0n) is 16.0. The van der Waals surface area contributed by atoms with Crippen molar-refractivity contribution in [3.8, 4) is 0 Å². The molecular weight excluding hydrogens is 399 g/mol. The third-order valence-corrected chi connectivity index (χ3v) is 6.71. The van der Waals surface area contributed by atoms with E-state index in [4.69, 9.17) is 5.14 Å². The van der Waals surface area contributed by atoms with Crippen LogP contribution in [0.5, 0.6) is 0 Å². The summed E-state index contributed by atoms with van der Waals surface area (Å²) in [6.45, 7) is 1.50. The van der Waals surface area contributed by atoms with Crippen molar-refractivity contribution in [1.82, 2.24) is 0 Å². The maximum Gasteiger partial charge on any atom is 0.416 e. The van der Waals surface area contributed by atoms with E-state index in [0.717, 1.165) is 48.0 Å². The summed E-state index contributed by atoms with van der Waals surface area (Å²) >= 11 is 0. The highest BCUT2D eigenvalue weighted by molar-refractivity contribution is 7.88. The number of halogens is 3. The van der Waals surface area contributed by atoms with Crippen LogP contribution < -0.4 is 5.14 Å². The number of rotatable bonds is 4. The Balaban J connectivity index is 1.72. The molecule has 2 aromatic rings. The molecular formula is C22H22F3NO2S. The Morgan fingerprint density at radius 1 is 0.966 bits per heavy atom. The van der Waals surface area contributed by atoms with E-state index >= 15 is 0 Å². The SMILES string of the molecule is Cc1cc(C2=C(c3ccc(CS(N)(=O)=O)cc3)CC3(CC3)C2)ccc1C(F)(F)F. The molecule has 29 heavy (non-hydrogen) atoms. The molecule has 2 N–H and O–H groups in total. The number of benzene rings is 2. The second-order valence-electron chi connectivity index (χ2n) is 8.34. The van der Waals surface area contributed by atoms with Gasteiger partial charge in [-0.2, -0.15) is 13.2 Å². The lowest BCUT2D eigenvalue weighted by Crippen LogP contribution is -2.14. The van der Waals surface area contributed by atoms with Gasteiger partial charge in [-0.3, -0.25) is 0 Å². The van der Waals surface area contributed by atoms with Gasteiger partial charge in [0.25, 0.3) is 0 Å². The van der Waals surface area contributed by atoms with Crippen molar-refractivity contribution in [1.29, 1.82) is 0 Å². The van der Waals surface area contributed by atoms with Crippen LogP contribution in [0.25, 0.3) is 11.1 Å². The number of hydrogen-bond acceptors (Lipinski definition) is 2. The molecule has 0 aliphatic heterocycles. The Labute approximate surface area is 168 Å². The monoisotopic (exact) mass is 421 g/mol. The fourth-order valence-corrected chi connectivity index (χ4v) is 4.97. The van der Waals surface area contributed by atoms with Gasteiger partial charge < -0.3 is 0 Å². The van der Waals surface area contributed by atoms with E-state index in [0.29, 0.717) is 5.56 Å². The smallest absolute Gasteiger partial charge is 0.228 e. The van der Waals surface area contributed by atoms with Gasteiger partial charge in [-0.05, 0) is 77.5 Å². The third-order valence-electron chi connectivity index (χ3n) is 5.98. The Morgan fingerprint density at radius 2 is 1.52 bits per heavy atom. The highest BCUT2D eigenvalue weighted by Crippen LogP contribution is 2.63. The predicted molar refractivity (Wildman–Crippen MR) is 107 cm³/mol. The Bertz CT molecular complexity index is 1100. The van der Waals surface area contributed by atoms with E-state index in [9.17, 15) is 21.6 Å². The van der Waals surface area contributed by atoms with Crippen molar-refractivity contribution in [3.63, 3.8) is 0 Å². The first-order valence-electron chi connectivity index (χ1n) is 9.46. The number of primary sulfonamides is 1. The predicted octanol–water partition coefficient (Wildman–Crippen LogP) is 5.29. The Hall–Kier alpha value is -2.12. The highest BCUT2D eigenvalue weighted by Gasteiger charge is 2.48. The third kappa shape index (κ3) is 4.26. The zero-order chi connectivity index (χ0) is 21.0. The molecule has 3 nitrogen and oxygen atoms in total. The molecule has 4 rings (SSSR count). The molecule has 0 bridgehead atoms. The average molecular weight is 421 g/mol. The van der Waals surface area contributed by atoms with Gasteiger partial charge in [0.1, 0.15) is 0 Å². The lowest BCUT2D eigenvalue weighted by atomic mass is 9.94. The van der Waals surface area contributed by atoms with E-state index in [-0.39, 0.29) is 16.7 Å². The summed E-state index contributed by atoms with van der Waals surface area (Å²) in [6, 6.07) is 11.6. The second kappa shape index (κ2) is 6.71. The fourth-order valence-electron chi connectivity index (χ4n) is 4.31. The normalized spacial score (nSPS) is 18.5. The van der Waals surface area contributed by atoms with Crippen LogP contribution in [0.4, 0.5) is 13.2 Å². The van der Waals surface area contributed by atoms with E-state index in [2.05, 4.69) is 0 Å². The van der Waals surface area contributed by atoms with E-state index in [1.807, 2.05) is 12.1 Å². The molecule has 0 atom stereocenters. The van der Waals surface area contributed by atoms with Gasteiger partial charge in [-0.15, -0.1) is 0 Å². The number of allylic oxidation sites excluding steroid dienone is 2. The van der Waals surface area contributed by atoms with E-state index in [1.54, 1.807) is 24.3 Å². The molecule has 0 heterocycles. The van der Waals surface area contributed by atoms with Gasteiger partial charge in [0, 0.05) is 0 Å². The van der Waals surface area contributed by atoms with Crippen molar-refractivity contribution < 1.29 is 21.6 Å². The first-order valence-corrected chi connectivity index (χ1v) is 11.2. The standard InChI is InChI=1S/C22H22F3NO2S/c1-14-10-17(6-7-20(14)22(23,24)25)19-12-21(8-9-21)11-18(19)16-4-2-15(3-5-16)13-29(26,27)28/h2-7,10H,8-9,11-13H2,1H3,(H2,26,27,28). The molecule has 0 amide bonds. The molecule has 2 aromatic carbocycles. The van der Waals surface area contributed by atoms with Gasteiger partial charge in [0.2, 0.25) is 10.0 Å².